The molecule has 0 fully saturated rings. The van der Waals surface area contributed by atoms with E-state index in [-0.39, 0.29) is 0 Å². The van der Waals surface area contributed by atoms with Crippen molar-refractivity contribution in [1.82, 2.24) is 15.0 Å². The normalized spacial score (nSPS) is 13.0. The van der Waals surface area contributed by atoms with E-state index in [4.69, 9.17) is 15.0 Å². The summed E-state index contributed by atoms with van der Waals surface area (Å²) in [4.78, 5) is 15.0. The molecule has 3 heteroatoms. The maximum Gasteiger partial charge on any atom is 0.164 e. The van der Waals surface area contributed by atoms with Gasteiger partial charge in [0.25, 0.3) is 0 Å². The van der Waals surface area contributed by atoms with Crippen LogP contribution in [0.25, 0.3) is 73.1 Å². The van der Waals surface area contributed by atoms with E-state index >= 15 is 0 Å². The van der Waals surface area contributed by atoms with Gasteiger partial charge in [-0.2, -0.15) is 0 Å². The molecule has 0 amide bonds. The Balaban J connectivity index is 1.25. The van der Waals surface area contributed by atoms with Crippen LogP contribution in [0.1, 0.15) is 25.3 Å². The predicted octanol–water partition coefficient (Wildman–Crippen LogP) is 13.7. The van der Waals surface area contributed by atoms with E-state index in [1.54, 1.807) is 0 Å². The lowest BCUT2D eigenvalue weighted by molar-refractivity contribution is 0.982. The van der Waals surface area contributed by atoms with Crippen molar-refractivity contribution in [1.29, 1.82) is 0 Å². The molecule has 0 spiro atoms. The van der Waals surface area contributed by atoms with Crippen molar-refractivity contribution in [2.24, 2.45) is 0 Å². The number of nitrogens with zero attached hydrogens (tertiary/aromatic N) is 3. The SMILES string of the molecule is C=C/C=C(\C=C/C)C1=CC(c2cc(-c3ccc(-c4ccccc4)cc3)cc(-c3cccc(-c4nc(-c5ccccc5)nc(-c5ccccc5)n4)c3)c2)=CCC1. The van der Waals surface area contributed by atoms with E-state index in [1.807, 2.05) is 66.7 Å². The first-order valence-corrected chi connectivity index (χ1v) is 18.8. The standard InChI is InChI=1S/C52H41N3/c1-3-16-37(17-4-2)43-24-14-25-44(32-43)48-34-47(40-30-28-39(29-31-40)38-18-8-5-9-19-38)35-49(36-48)45-26-15-27-46(33-45)52-54-50(41-20-10-6-11-21-41)53-51(55-52)42-22-12-7-13-23-42/h3-13,15-23,25-36H,1,14,24H2,2H3/b17-4-,37-16+. The third-order valence-corrected chi connectivity index (χ3v) is 9.87. The van der Waals surface area contributed by atoms with E-state index in [0.29, 0.717) is 17.5 Å². The van der Waals surface area contributed by atoms with Crippen molar-refractivity contribution in [3.8, 4) is 67.5 Å². The highest BCUT2D eigenvalue weighted by atomic mass is 15.0. The summed E-state index contributed by atoms with van der Waals surface area (Å²) < 4.78 is 0. The molecule has 1 heterocycles. The van der Waals surface area contributed by atoms with Crippen LogP contribution in [0.2, 0.25) is 0 Å². The maximum atomic E-state index is 5.02. The smallest absolute Gasteiger partial charge is 0.164 e. The maximum absolute atomic E-state index is 5.02. The van der Waals surface area contributed by atoms with Gasteiger partial charge in [0, 0.05) is 16.7 Å². The van der Waals surface area contributed by atoms with E-state index in [1.165, 1.54) is 33.4 Å². The minimum atomic E-state index is 0.635. The van der Waals surface area contributed by atoms with Crippen LogP contribution in [0.3, 0.4) is 0 Å². The van der Waals surface area contributed by atoms with Crippen molar-refractivity contribution in [3.63, 3.8) is 0 Å². The minimum Gasteiger partial charge on any atom is -0.208 e. The van der Waals surface area contributed by atoms with Crippen molar-refractivity contribution in [2.75, 3.05) is 0 Å². The molecule has 0 unspecified atom stereocenters. The van der Waals surface area contributed by atoms with Crippen LogP contribution >= 0.6 is 0 Å². The van der Waals surface area contributed by atoms with Crippen molar-refractivity contribution >= 4 is 5.57 Å². The van der Waals surface area contributed by atoms with E-state index in [2.05, 4.69) is 141 Å². The molecule has 55 heavy (non-hydrogen) atoms. The zero-order valence-corrected chi connectivity index (χ0v) is 30.9. The fraction of sp³-hybridized carbons (Fsp3) is 0.0577. The topological polar surface area (TPSA) is 38.7 Å². The summed E-state index contributed by atoms with van der Waals surface area (Å²) >= 11 is 0. The second kappa shape index (κ2) is 16.4. The highest BCUT2D eigenvalue weighted by molar-refractivity contribution is 5.86. The van der Waals surface area contributed by atoms with E-state index < -0.39 is 0 Å². The van der Waals surface area contributed by atoms with Crippen LogP contribution in [0.5, 0.6) is 0 Å². The van der Waals surface area contributed by atoms with Gasteiger partial charge in [-0.3, -0.25) is 0 Å². The Morgan fingerprint density at radius 1 is 0.491 bits per heavy atom. The molecular weight excluding hydrogens is 667 g/mol. The van der Waals surface area contributed by atoms with Crippen LogP contribution in [-0.4, -0.2) is 15.0 Å². The van der Waals surface area contributed by atoms with Gasteiger partial charge in [-0.05, 0) is 99.7 Å². The van der Waals surface area contributed by atoms with Gasteiger partial charge >= 0.3 is 0 Å². The molecule has 6 aromatic carbocycles. The Bertz CT molecular complexity index is 2520. The molecule has 0 saturated carbocycles. The van der Waals surface area contributed by atoms with Gasteiger partial charge in [-0.25, -0.2) is 15.0 Å². The van der Waals surface area contributed by atoms with Gasteiger partial charge in [-0.1, -0.05) is 176 Å². The number of benzene rings is 6. The second-order valence-electron chi connectivity index (χ2n) is 13.6. The molecule has 1 aliphatic rings. The van der Waals surface area contributed by atoms with E-state index in [0.717, 1.165) is 51.8 Å². The fourth-order valence-electron chi connectivity index (χ4n) is 7.10. The van der Waals surface area contributed by atoms with Gasteiger partial charge in [0.1, 0.15) is 0 Å². The van der Waals surface area contributed by atoms with Crippen LogP contribution in [0.4, 0.5) is 0 Å². The minimum absolute atomic E-state index is 0.635. The Hall–Kier alpha value is -6.97. The average Bonchev–Trinajstić information content (AvgIpc) is 3.27. The van der Waals surface area contributed by atoms with Gasteiger partial charge < -0.3 is 0 Å². The first kappa shape index (κ1) is 35.1. The highest BCUT2D eigenvalue weighted by Gasteiger charge is 2.16. The van der Waals surface area contributed by atoms with Crippen molar-refractivity contribution < 1.29 is 0 Å². The van der Waals surface area contributed by atoms with Gasteiger partial charge in [0.2, 0.25) is 0 Å². The lowest BCUT2D eigenvalue weighted by Gasteiger charge is -2.18. The molecule has 3 nitrogen and oxygen atoms in total. The first-order valence-electron chi connectivity index (χ1n) is 18.8. The predicted molar refractivity (Wildman–Crippen MR) is 231 cm³/mol. The fourth-order valence-corrected chi connectivity index (χ4v) is 7.10. The molecule has 1 aliphatic carbocycles. The largest absolute Gasteiger partial charge is 0.208 e. The second-order valence-corrected chi connectivity index (χ2v) is 13.6. The molecule has 1 aromatic heterocycles. The Morgan fingerprint density at radius 2 is 0.945 bits per heavy atom. The number of hydrogen-bond acceptors (Lipinski definition) is 3. The molecule has 0 radical (unpaired) electrons. The molecular formula is C52H41N3. The monoisotopic (exact) mass is 707 g/mol. The lowest BCUT2D eigenvalue weighted by atomic mass is 9.87. The summed E-state index contributed by atoms with van der Waals surface area (Å²) in [7, 11) is 0. The average molecular weight is 708 g/mol. The summed E-state index contributed by atoms with van der Waals surface area (Å²) in [6, 6.07) is 55.2. The number of aromatic nitrogens is 3. The highest BCUT2D eigenvalue weighted by Crippen LogP contribution is 2.37. The lowest BCUT2D eigenvalue weighted by Crippen LogP contribution is -2.00. The van der Waals surface area contributed by atoms with Crippen LogP contribution < -0.4 is 0 Å². The van der Waals surface area contributed by atoms with Gasteiger partial charge in [-0.15, -0.1) is 0 Å². The molecule has 0 aliphatic heterocycles. The van der Waals surface area contributed by atoms with Crippen LogP contribution in [-0.2, 0) is 0 Å². The van der Waals surface area contributed by atoms with Gasteiger partial charge in [0.15, 0.2) is 17.5 Å². The molecule has 264 valence electrons. The molecule has 0 N–H and O–H groups in total. The molecule has 8 rings (SSSR count). The van der Waals surface area contributed by atoms with Crippen molar-refractivity contribution in [2.45, 2.75) is 19.8 Å². The Labute approximate surface area is 324 Å². The summed E-state index contributed by atoms with van der Waals surface area (Å²) in [5, 5.41) is 0. The summed E-state index contributed by atoms with van der Waals surface area (Å²) in [6.07, 6.45) is 14.9. The number of allylic oxidation sites excluding steroid dienone is 9. The van der Waals surface area contributed by atoms with E-state index in [9.17, 15) is 0 Å². The molecule has 0 bridgehead atoms. The molecule has 7 aromatic rings. The van der Waals surface area contributed by atoms with Crippen LogP contribution in [0.15, 0.2) is 212 Å². The van der Waals surface area contributed by atoms with Gasteiger partial charge in [0.05, 0.1) is 0 Å². The first-order chi connectivity index (χ1) is 27.1. The quantitative estimate of drug-likeness (QED) is 0.133. The number of hydrogen-bond donors (Lipinski definition) is 0. The summed E-state index contributed by atoms with van der Waals surface area (Å²) in [5.74, 6) is 1.93. The third kappa shape index (κ3) is 8.02. The molecule has 0 atom stereocenters. The number of rotatable bonds is 10. The summed E-state index contributed by atoms with van der Waals surface area (Å²) in [5.41, 5.74) is 14.7. The molecule has 0 saturated heterocycles. The zero-order valence-electron chi connectivity index (χ0n) is 30.9. The Morgan fingerprint density at radius 3 is 1.53 bits per heavy atom. The Kier molecular flexibility index (Phi) is 10.4. The zero-order chi connectivity index (χ0) is 37.4. The van der Waals surface area contributed by atoms with Crippen LogP contribution in [0, 0.1) is 0 Å². The third-order valence-electron chi connectivity index (χ3n) is 9.87. The van der Waals surface area contributed by atoms with Crippen molar-refractivity contribution in [3.05, 3.63) is 217 Å². The summed E-state index contributed by atoms with van der Waals surface area (Å²) in [6.45, 7) is 6.04.